The number of oxime groups is 1. The largest absolute Gasteiger partial charge is 0.497 e. The number of anilines is 3. The van der Waals surface area contributed by atoms with Crippen molar-refractivity contribution in [2.24, 2.45) is 5.16 Å². The van der Waals surface area contributed by atoms with Crippen LogP contribution in [0.3, 0.4) is 0 Å². The number of thioether (sulfide) groups is 1. The Bertz CT molecular complexity index is 2170. The number of aromatic nitrogens is 1. The Morgan fingerprint density at radius 3 is 2.20 bits per heavy atom. The topological polar surface area (TPSA) is 53.4 Å². The number of ether oxygens (including phenoxy) is 1. The van der Waals surface area contributed by atoms with Gasteiger partial charge in [-0.15, -0.1) is 11.8 Å². The first-order chi connectivity index (χ1) is 24.7. The van der Waals surface area contributed by atoms with Crippen LogP contribution in [0.4, 0.5) is 17.2 Å². The van der Waals surface area contributed by atoms with Crippen molar-refractivity contribution in [2.45, 2.75) is 22.3 Å². The summed E-state index contributed by atoms with van der Waals surface area (Å²) >= 11 is 1.89. The third-order valence-electron chi connectivity index (χ3n) is 10.0. The summed E-state index contributed by atoms with van der Waals surface area (Å²) in [5.41, 5.74) is 5.66. The first kappa shape index (κ1) is 30.6. The molecule has 0 N–H and O–H groups in total. The zero-order valence-electron chi connectivity index (χ0n) is 27.9. The Hall–Kier alpha value is -5.47. The molecule has 0 bridgehead atoms. The van der Waals surface area contributed by atoms with E-state index in [1.807, 2.05) is 30.0 Å². The van der Waals surface area contributed by atoms with Crippen molar-refractivity contribution in [3.63, 3.8) is 0 Å². The second-order valence-corrected chi connectivity index (χ2v) is 14.1. The van der Waals surface area contributed by atoms with Crippen LogP contribution in [-0.4, -0.2) is 44.1 Å². The molecule has 7 nitrogen and oxygen atoms in total. The predicted molar refractivity (Wildman–Crippen MR) is 203 cm³/mol. The van der Waals surface area contributed by atoms with E-state index in [9.17, 15) is 0 Å². The molecule has 1 aromatic heterocycles. The quantitative estimate of drug-likeness (QED) is 0.175. The Labute approximate surface area is 296 Å². The molecule has 0 saturated carbocycles. The van der Waals surface area contributed by atoms with Gasteiger partial charge < -0.3 is 19.4 Å². The van der Waals surface area contributed by atoms with Crippen molar-refractivity contribution in [1.82, 2.24) is 4.98 Å². The molecule has 6 aromatic rings. The van der Waals surface area contributed by atoms with Gasteiger partial charge >= 0.3 is 0 Å². The van der Waals surface area contributed by atoms with Crippen LogP contribution in [0.15, 0.2) is 150 Å². The number of para-hydroxylation sites is 3. The van der Waals surface area contributed by atoms with E-state index in [-0.39, 0.29) is 5.25 Å². The Morgan fingerprint density at radius 1 is 0.740 bits per heavy atom. The summed E-state index contributed by atoms with van der Waals surface area (Å²) in [5.74, 6) is 2.64. The molecule has 1 saturated heterocycles. The minimum atomic E-state index is -0.920. The van der Waals surface area contributed by atoms with Crippen molar-refractivity contribution >= 4 is 45.7 Å². The predicted octanol–water partition coefficient (Wildman–Crippen LogP) is 8.86. The molecule has 1 fully saturated rings. The number of rotatable bonds is 6. The normalized spacial score (nSPS) is 20.1. The molecule has 2 atom stereocenters. The lowest BCUT2D eigenvalue weighted by Crippen LogP contribution is -2.48. The first-order valence-corrected chi connectivity index (χ1v) is 18.0. The van der Waals surface area contributed by atoms with E-state index in [1.54, 1.807) is 7.11 Å². The van der Waals surface area contributed by atoms with Gasteiger partial charge in [-0.25, -0.2) is 4.98 Å². The Kier molecular flexibility index (Phi) is 7.81. The highest BCUT2D eigenvalue weighted by Crippen LogP contribution is 2.57. The summed E-state index contributed by atoms with van der Waals surface area (Å²) in [6.07, 6.45) is 0.634. The second-order valence-electron chi connectivity index (χ2n) is 12.9. The SMILES string of the molecule is COc1ccc(C23CC(c4cc5ccccc5nc4N4CCN(c5ccccc5)CC4)Sc4ccccc4N2C(c2ccccc2)=NO3)cc1. The van der Waals surface area contributed by atoms with E-state index < -0.39 is 5.72 Å². The summed E-state index contributed by atoms with van der Waals surface area (Å²) in [5, 5.41) is 6.01. The molecule has 2 unspecified atom stereocenters. The van der Waals surface area contributed by atoms with Crippen LogP contribution in [0, 0.1) is 0 Å². The van der Waals surface area contributed by atoms with Gasteiger partial charge in [0.15, 0.2) is 5.84 Å². The van der Waals surface area contributed by atoms with Gasteiger partial charge in [0, 0.05) is 70.5 Å². The van der Waals surface area contributed by atoms with Gasteiger partial charge in [0.1, 0.15) is 11.6 Å². The summed E-state index contributed by atoms with van der Waals surface area (Å²) in [4.78, 5) is 20.7. The molecule has 3 aliphatic rings. The molecule has 0 radical (unpaired) electrons. The molecule has 3 aliphatic heterocycles. The summed E-state index contributed by atoms with van der Waals surface area (Å²) in [7, 11) is 1.70. The number of hydrogen-bond donors (Lipinski definition) is 0. The van der Waals surface area contributed by atoms with Gasteiger partial charge in [0.05, 0.1) is 18.3 Å². The van der Waals surface area contributed by atoms with Crippen molar-refractivity contribution in [2.75, 3.05) is 48.0 Å². The van der Waals surface area contributed by atoms with Crippen molar-refractivity contribution in [1.29, 1.82) is 0 Å². The molecule has 50 heavy (non-hydrogen) atoms. The van der Waals surface area contributed by atoms with Crippen molar-refractivity contribution < 1.29 is 9.57 Å². The fourth-order valence-electron chi connectivity index (χ4n) is 7.52. The zero-order valence-corrected chi connectivity index (χ0v) is 28.7. The smallest absolute Gasteiger partial charge is 0.242 e. The molecule has 9 rings (SSSR count). The number of methoxy groups -OCH3 is 1. The van der Waals surface area contributed by atoms with E-state index >= 15 is 0 Å². The maximum absolute atomic E-state index is 6.81. The zero-order chi connectivity index (χ0) is 33.5. The van der Waals surface area contributed by atoms with Crippen LogP contribution < -0.4 is 19.4 Å². The van der Waals surface area contributed by atoms with Crippen LogP contribution >= 0.6 is 11.8 Å². The minimum Gasteiger partial charge on any atom is -0.497 e. The van der Waals surface area contributed by atoms with E-state index in [2.05, 4.69) is 136 Å². The van der Waals surface area contributed by atoms with Gasteiger partial charge in [0.2, 0.25) is 5.72 Å². The number of benzene rings is 5. The van der Waals surface area contributed by atoms with Crippen molar-refractivity contribution in [3.05, 3.63) is 156 Å². The minimum absolute atomic E-state index is 0.00664. The van der Waals surface area contributed by atoms with Crippen molar-refractivity contribution in [3.8, 4) is 5.75 Å². The van der Waals surface area contributed by atoms with E-state index in [1.165, 1.54) is 16.1 Å². The lowest BCUT2D eigenvalue weighted by atomic mass is 9.91. The fourth-order valence-corrected chi connectivity index (χ4v) is 8.87. The first-order valence-electron chi connectivity index (χ1n) is 17.2. The number of piperazine rings is 1. The summed E-state index contributed by atoms with van der Waals surface area (Å²) in [6.45, 7) is 3.63. The average molecular weight is 676 g/mol. The van der Waals surface area contributed by atoms with E-state index in [4.69, 9.17) is 19.7 Å². The van der Waals surface area contributed by atoms with Crippen LogP contribution in [0.25, 0.3) is 10.9 Å². The fraction of sp³-hybridized carbons (Fsp3) is 0.190. The molecular weight excluding hydrogens is 639 g/mol. The maximum atomic E-state index is 6.81. The summed E-state index contributed by atoms with van der Waals surface area (Å²) < 4.78 is 5.58. The molecular formula is C42H37N5O2S. The number of pyridine rings is 1. The molecule has 4 heterocycles. The van der Waals surface area contributed by atoms with Gasteiger partial charge in [0.25, 0.3) is 0 Å². The van der Waals surface area contributed by atoms with Crippen LogP contribution in [0.1, 0.15) is 28.4 Å². The van der Waals surface area contributed by atoms with Crippen LogP contribution in [0.2, 0.25) is 0 Å². The highest BCUT2D eigenvalue weighted by Gasteiger charge is 2.53. The molecule has 5 aromatic carbocycles. The number of fused-ring (bicyclic) bond motifs is 4. The highest BCUT2D eigenvalue weighted by atomic mass is 32.2. The number of hydrogen-bond acceptors (Lipinski definition) is 8. The molecule has 0 spiro atoms. The highest BCUT2D eigenvalue weighted by molar-refractivity contribution is 7.99. The van der Waals surface area contributed by atoms with Gasteiger partial charge in [-0.2, -0.15) is 0 Å². The molecule has 248 valence electrons. The molecule has 0 aliphatic carbocycles. The maximum Gasteiger partial charge on any atom is 0.242 e. The standard InChI is InChI=1S/C42H37N5O2S/c1-48-34-22-20-32(21-23-34)42-29-39(50-38-19-11-10-18-37(38)47(42)40(44-49-42)30-12-4-2-5-13-30)35-28-31-14-8-9-17-36(31)43-41(35)46-26-24-45(25-27-46)33-15-6-3-7-16-33/h2-23,28,39H,24-27,29H2,1H3. The summed E-state index contributed by atoms with van der Waals surface area (Å²) in [6, 6.07) is 48.8. The third-order valence-corrected chi connectivity index (χ3v) is 11.4. The number of nitrogens with zero attached hydrogens (tertiary/aromatic N) is 5. The van der Waals surface area contributed by atoms with Crippen LogP contribution in [-0.2, 0) is 10.6 Å². The van der Waals surface area contributed by atoms with Crippen LogP contribution in [0.5, 0.6) is 5.75 Å². The van der Waals surface area contributed by atoms with E-state index in [0.29, 0.717) is 6.42 Å². The molecule has 8 heteroatoms. The average Bonchev–Trinajstić information content (AvgIpc) is 3.50. The monoisotopic (exact) mass is 675 g/mol. The van der Waals surface area contributed by atoms with Gasteiger partial charge in [-0.1, -0.05) is 84.0 Å². The Balaban J connectivity index is 1.18. The third kappa shape index (κ3) is 5.31. The second kappa shape index (κ2) is 12.8. The van der Waals surface area contributed by atoms with E-state index in [0.717, 1.165) is 71.3 Å². The lowest BCUT2D eigenvalue weighted by Gasteiger charge is -2.39. The lowest BCUT2D eigenvalue weighted by molar-refractivity contribution is -0.0283. The number of amidine groups is 1. The van der Waals surface area contributed by atoms with Gasteiger partial charge in [-0.05, 0) is 60.7 Å². The molecule has 0 amide bonds. The van der Waals surface area contributed by atoms with Gasteiger partial charge in [-0.3, -0.25) is 4.90 Å². The Morgan fingerprint density at radius 2 is 1.42 bits per heavy atom.